The van der Waals surface area contributed by atoms with E-state index in [0.29, 0.717) is 19.4 Å². The minimum atomic E-state index is -0.366. The van der Waals surface area contributed by atoms with Crippen LogP contribution >= 0.6 is 0 Å². The number of hydrogen-bond donors (Lipinski definition) is 2. The van der Waals surface area contributed by atoms with Crippen LogP contribution in [0.5, 0.6) is 5.75 Å². The van der Waals surface area contributed by atoms with Crippen molar-refractivity contribution >= 4 is 11.8 Å². The first-order valence-electron chi connectivity index (χ1n) is 6.80. The maximum absolute atomic E-state index is 11.8. The van der Waals surface area contributed by atoms with Gasteiger partial charge in [-0.1, -0.05) is 12.1 Å². The van der Waals surface area contributed by atoms with Gasteiger partial charge in [0.1, 0.15) is 11.8 Å². The molecular formula is C15H20N2O3. The van der Waals surface area contributed by atoms with Gasteiger partial charge in [0.2, 0.25) is 11.8 Å². The monoisotopic (exact) mass is 276 g/mol. The molecule has 2 rings (SSSR count). The third-order valence-electron chi connectivity index (χ3n) is 3.50. The Bertz CT molecular complexity index is 514. The van der Waals surface area contributed by atoms with Gasteiger partial charge in [-0.15, -0.1) is 0 Å². The Labute approximate surface area is 118 Å². The van der Waals surface area contributed by atoms with E-state index in [-0.39, 0.29) is 17.9 Å². The summed E-state index contributed by atoms with van der Waals surface area (Å²) in [7, 11) is 1.65. The highest BCUT2D eigenvalue weighted by molar-refractivity contribution is 5.90. The molecule has 5 nitrogen and oxygen atoms in total. The highest BCUT2D eigenvalue weighted by atomic mass is 16.5. The maximum atomic E-state index is 11.8. The average molecular weight is 276 g/mol. The van der Waals surface area contributed by atoms with Gasteiger partial charge in [0.25, 0.3) is 0 Å². The van der Waals surface area contributed by atoms with Gasteiger partial charge >= 0.3 is 0 Å². The molecular weight excluding hydrogens is 256 g/mol. The first-order chi connectivity index (χ1) is 9.60. The quantitative estimate of drug-likeness (QED) is 0.841. The third-order valence-corrected chi connectivity index (χ3v) is 3.50. The topological polar surface area (TPSA) is 67.4 Å². The van der Waals surface area contributed by atoms with Gasteiger partial charge in [0, 0.05) is 13.0 Å². The van der Waals surface area contributed by atoms with Gasteiger partial charge in [-0.25, -0.2) is 0 Å². The summed E-state index contributed by atoms with van der Waals surface area (Å²) < 4.78 is 5.27. The number of benzene rings is 1. The Hall–Kier alpha value is -2.04. The Morgan fingerprint density at radius 1 is 1.50 bits per heavy atom. The Morgan fingerprint density at radius 3 is 2.95 bits per heavy atom. The zero-order valence-corrected chi connectivity index (χ0v) is 11.9. The molecule has 0 bridgehead atoms. The number of carbonyl (C=O) groups excluding carboxylic acids is 2. The lowest BCUT2D eigenvalue weighted by Gasteiger charge is -2.11. The second-order valence-electron chi connectivity index (χ2n) is 5.00. The van der Waals surface area contributed by atoms with Crippen molar-refractivity contribution in [3.8, 4) is 5.75 Å². The van der Waals surface area contributed by atoms with Crippen LogP contribution in [0.2, 0.25) is 0 Å². The number of methoxy groups -OCH3 is 1. The summed E-state index contributed by atoms with van der Waals surface area (Å²) in [5, 5.41) is 5.51. The standard InChI is InChI=1S/C15H20N2O3/c1-10-3-4-11(9-13(10)20-2)7-8-16-15(19)12-5-6-14(18)17-12/h3-4,9,12H,5-8H2,1-2H3,(H,16,19)(H,17,18)/t12-/m1/s1. The van der Waals surface area contributed by atoms with E-state index in [0.717, 1.165) is 23.3 Å². The van der Waals surface area contributed by atoms with Crippen molar-refractivity contribution in [1.29, 1.82) is 0 Å². The number of amides is 2. The smallest absolute Gasteiger partial charge is 0.242 e. The molecule has 5 heteroatoms. The summed E-state index contributed by atoms with van der Waals surface area (Å²) >= 11 is 0. The molecule has 20 heavy (non-hydrogen) atoms. The SMILES string of the molecule is COc1cc(CCNC(=O)[C@H]2CCC(=O)N2)ccc1C. The van der Waals surface area contributed by atoms with Crippen molar-refractivity contribution in [2.45, 2.75) is 32.2 Å². The molecule has 0 aliphatic carbocycles. The third kappa shape index (κ3) is 3.50. The Kier molecular flexibility index (Phi) is 4.61. The van der Waals surface area contributed by atoms with E-state index in [9.17, 15) is 9.59 Å². The molecule has 0 unspecified atom stereocenters. The second kappa shape index (κ2) is 6.41. The van der Waals surface area contributed by atoms with Crippen LogP contribution in [-0.2, 0) is 16.0 Å². The van der Waals surface area contributed by atoms with E-state index in [4.69, 9.17) is 4.74 Å². The number of carbonyl (C=O) groups is 2. The summed E-state index contributed by atoms with van der Waals surface area (Å²) in [6.07, 6.45) is 1.76. The summed E-state index contributed by atoms with van der Waals surface area (Å²) in [5.41, 5.74) is 2.21. The molecule has 1 aromatic rings. The summed E-state index contributed by atoms with van der Waals surface area (Å²) in [5.74, 6) is 0.709. The number of rotatable bonds is 5. The van der Waals surface area contributed by atoms with Crippen LogP contribution in [-0.4, -0.2) is 31.5 Å². The highest BCUT2D eigenvalue weighted by Gasteiger charge is 2.26. The van der Waals surface area contributed by atoms with Gasteiger partial charge in [0.05, 0.1) is 7.11 Å². The molecule has 1 heterocycles. The predicted molar refractivity (Wildman–Crippen MR) is 75.6 cm³/mol. The minimum absolute atomic E-state index is 0.0478. The van der Waals surface area contributed by atoms with Crippen LogP contribution in [0.25, 0.3) is 0 Å². The second-order valence-corrected chi connectivity index (χ2v) is 5.00. The van der Waals surface area contributed by atoms with Gasteiger partial charge in [-0.2, -0.15) is 0 Å². The Balaban J connectivity index is 1.81. The summed E-state index contributed by atoms with van der Waals surface area (Å²) in [4.78, 5) is 22.9. The zero-order valence-electron chi connectivity index (χ0n) is 11.9. The lowest BCUT2D eigenvalue weighted by molar-refractivity contribution is -0.125. The molecule has 1 aliphatic heterocycles. The van der Waals surface area contributed by atoms with E-state index < -0.39 is 0 Å². The van der Waals surface area contributed by atoms with Crippen molar-refractivity contribution in [3.63, 3.8) is 0 Å². The Morgan fingerprint density at radius 2 is 2.30 bits per heavy atom. The predicted octanol–water partition coefficient (Wildman–Crippen LogP) is 0.941. The normalized spacial score (nSPS) is 17.7. The van der Waals surface area contributed by atoms with E-state index in [1.165, 1.54) is 0 Å². The number of aryl methyl sites for hydroxylation is 1. The van der Waals surface area contributed by atoms with Crippen LogP contribution in [0.3, 0.4) is 0 Å². The molecule has 2 amide bonds. The van der Waals surface area contributed by atoms with Gasteiger partial charge in [-0.3, -0.25) is 9.59 Å². The molecule has 1 atom stereocenters. The number of nitrogens with one attached hydrogen (secondary N) is 2. The van der Waals surface area contributed by atoms with E-state index in [1.807, 2.05) is 25.1 Å². The lowest BCUT2D eigenvalue weighted by atomic mass is 10.1. The molecule has 1 aromatic carbocycles. The molecule has 0 saturated carbocycles. The fourth-order valence-electron chi connectivity index (χ4n) is 2.28. The molecule has 1 aliphatic rings. The van der Waals surface area contributed by atoms with Crippen molar-refractivity contribution in [3.05, 3.63) is 29.3 Å². The van der Waals surface area contributed by atoms with Gasteiger partial charge in [-0.05, 0) is 37.0 Å². The maximum Gasteiger partial charge on any atom is 0.242 e. The van der Waals surface area contributed by atoms with Crippen LogP contribution in [0, 0.1) is 6.92 Å². The minimum Gasteiger partial charge on any atom is -0.496 e. The van der Waals surface area contributed by atoms with Crippen LogP contribution in [0.15, 0.2) is 18.2 Å². The largest absolute Gasteiger partial charge is 0.496 e. The van der Waals surface area contributed by atoms with Crippen molar-refractivity contribution in [2.24, 2.45) is 0 Å². The fourth-order valence-corrected chi connectivity index (χ4v) is 2.28. The lowest BCUT2D eigenvalue weighted by Crippen LogP contribution is -2.42. The van der Waals surface area contributed by atoms with Crippen molar-refractivity contribution < 1.29 is 14.3 Å². The van der Waals surface area contributed by atoms with Crippen molar-refractivity contribution in [1.82, 2.24) is 10.6 Å². The first-order valence-corrected chi connectivity index (χ1v) is 6.80. The summed E-state index contributed by atoms with van der Waals surface area (Å²) in [6, 6.07) is 5.66. The first kappa shape index (κ1) is 14.4. The van der Waals surface area contributed by atoms with E-state index in [2.05, 4.69) is 10.6 Å². The fraction of sp³-hybridized carbons (Fsp3) is 0.467. The van der Waals surface area contributed by atoms with Gasteiger partial charge in [0.15, 0.2) is 0 Å². The molecule has 1 saturated heterocycles. The molecule has 2 N–H and O–H groups in total. The zero-order chi connectivity index (χ0) is 14.5. The van der Waals surface area contributed by atoms with E-state index in [1.54, 1.807) is 7.11 Å². The summed E-state index contributed by atoms with van der Waals surface area (Å²) in [6.45, 7) is 2.55. The molecule has 0 aromatic heterocycles. The van der Waals surface area contributed by atoms with Crippen LogP contribution in [0.1, 0.15) is 24.0 Å². The van der Waals surface area contributed by atoms with Crippen LogP contribution < -0.4 is 15.4 Å². The number of hydrogen-bond acceptors (Lipinski definition) is 3. The van der Waals surface area contributed by atoms with Gasteiger partial charge < -0.3 is 15.4 Å². The molecule has 0 spiro atoms. The van der Waals surface area contributed by atoms with Crippen LogP contribution in [0.4, 0.5) is 0 Å². The molecule has 1 fully saturated rings. The van der Waals surface area contributed by atoms with E-state index >= 15 is 0 Å². The highest BCUT2D eigenvalue weighted by Crippen LogP contribution is 2.19. The number of ether oxygens (including phenoxy) is 1. The average Bonchev–Trinajstić information content (AvgIpc) is 2.87. The molecule has 0 radical (unpaired) electrons. The van der Waals surface area contributed by atoms with Crippen molar-refractivity contribution in [2.75, 3.05) is 13.7 Å². The molecule has 108 valence electrons.